The van der Waals surface area contributed by atoms with E-state index in [4.69, 9.17) is 11.6 Å². The molecule has 0 bridgehead atoms. The SMILES string of the molecule is CCn1c(CNC(=O)c2ccccc2Cl)nnc1SCC(=O)Nc1cc(C)c(C)cc1Br. The smallest absolute Gasteiger partial charge is 0.253 e. The molecule has 0 spiro atoms. The molecule has 32 heavy (non-hydrogen) atoms. The molecule has 0 saturated carbocycles. The molecule has 0 aliphatic heterocycles. The Labute approximate surface area is 204 Å². The molecule has 168 valence electrons. The van der Waals surface area contributed by atoms with Crippen molar-refractivity contribution in [2.75, 3.05) is 11.1 Å². The van der Waals surface area contributed by atoms with E-state index in [1.54, 1.807) is 24.3 Å². The van der Waals surface area contributed by atoms with Gasteiger partial charge in [0.2, 0.25) is 5.91 Å². The number of hydrogen-bond donors (Lipinski definition) is 2. The lowest BCUT2D eigenvalue weighted by Crippen LogP contribution is -2.25. The summed E-state index contributed by atoms with van der Waals surface area (Å²) in [5.74, 6) is 0.364. The van der Waals surface area contributed by atoms with Gasteiger partial charge >= 0.3 is 0 Å². The van der Waals surface area contributed by atoms with Crippen molar-refractivity contribution in [3.05, 3.63) is 68.4 Å². The van der Waals surface area contributed by atoms with Gasteiger partial charge in [-0.1, -0.05) is 35.5 Å². The van der Waals surface area contributed by atoms with Gasteiger partial charge in [0.1, 0.15) is 0 Å². The maximum Gasteiger partial charge on any atom is 0.253 e. The third-order valence-electron chi connectivity index (χ3n) is 4.83. The summed E-state index contributed by atoms with van der Waals surface area (Å²) < 4.78 is 2.71. The fourth-order valence-electron chi connectivity index (χ4n) is 2.97. The minimum absolute atomic E-state index is 0.141. The first-order valence-electron chi connectivity index (χ1n) is 9.94. The van der Waals surface area contributed by atoms with E-state index in [2.05, 4.69) is 36.8 Å². The number of rotatable bonds is 8. The lowest BCUT2D eigenvalue weighted by molar-refractivity contribution is -0.113. The Balaban J connectivity index is 1.60. The first kappa shape index (κ1) is 24.3. The molecule has 7 nitrogen and oxygen atoms in total. The Bertz CT molecular complexity index is 1150. The highest BCUT2D eigenvalue weighted by atomic mass is 79.9. The van der Waals surface area contributed by atoms with Gasteiger partial charge in [-0.3, -0.25) is 9.59 Å². The molecular formula is C22H23BrClN5O2S. The van der Waals surface area contributed by atoms with Crippen molar-refractivity contribution in [1.82, 2.24) is 20.1 Å². The molecule has 0 unspecified atom stereocenters. The van der Waals surface area contributed by atoms with E-state index in [1.807, 2.05) is 37.5 Å². The molecule has 0 radical (unpaired) electrons. The van der Waals surface area contributed by atoms with Crippen LogP contribution in [-0.2, 0) is 17.9 Å². The van der Waals surface area contributed by atoms with Crippen LogP contribution in [0.3, 0.4) is 0 Å². The van der Waals surface area contributed by atoms with Crippen LogP contribution < -0.4 is 10.6 Å². The van der Waals surface area contributed by atoms with Crippen molar-refractivity contribution in [2.45, 2.75) is 39.0 Å². The van der Waals surface area contributed by atoms with Crippen LogP contribution in [0.1, 0.15) is 34.2 Å². The number of nitrogens with one attached hydrogen (secondary N) is 2. The predicted molar refractivity (Wildman–Crippen MR) is 131 cm³/mol. The fourth-order valence-corrected chi connectivity index (χ4v) is 4.57. The number of carbonyl (C=O) groups excluding carboxylic acids is 2. The van der Waals surface area contributed by atoms with Crippen LogP contribution in [0, 0.1) is 13.8 Å². The molecule has 2 aromatic carbocycles. The Morgan fingerprint density at radius 3 is 2.59 bits per heavy atom. The largest absolute Gasteiger partial charge is 0.345 e. The fraction of sp³-hybridized carbons (Fsp3) is 0.273. The van der Waals surface area contributed by atoms with Crippen LogP contribution in [-0.4, -0.2) is 32.3 Å². The molecule has 0 aliphatic rings. The number of anilines is 1. The summed E-state index contributed by atoms with van der Waals surface area (Å²) in [6, 6.07) is 10.8. The highest BCUT2D eigenvalue weighted by Crippen LogP contribution is 2.26. The number of halogens is 2. The standard InChI is InChI=1S/C22H23BrClN5O2S/c1-4-29-19(11-25-21(31)15-7-5-6-8-17(15)24)27-28-22(29)32-12-20(30)26-18-10-14(3)13(2)9-16(18)23/h5-10H,4,11-12H2,1-3H3,(H,25,31)(H,26,30). The van der Waals surface area contributed by atoms with Crippen molar-refractivity contribution >= 4 is 56.8 Å². The summed E-state index contributed by atoms with van der Waals surface area (Å²) in [5.41, 5.74) is 3.39. The number of benzene rings is 2. The van der Waals surface area contributed by atoms with Gasteiger partial charge in [0, 0.05) is 11.0 Å². The number of nitrogens with zero attached hydrogens (tertiary/aromatic N) is 3. The molecule has 10 heteroatoms. The van der Waals surface area contributed by atoms with Gasteiger partial charge in [-0.2, -0.15) is 0 Å². The zero-order valence-electron chi connectivity index (χ0n) is 17.9. The molecule has 2 amide bonds. The Kier molecular flexibility index (Phi) is 8.33. The number of hydrogen-bond acceptors (Lipinski definition) is 5. The maximum absolute atomic E-state index is 12.5. The zero-order valence-corrected chi connectivity index (χ0v) is 21.1. The predicted octanol–water partition coefficient (Wildman–Crippen LogP) is 4.99. The Hall–Kier alpha value is -2.36. The van der Waals surface area contributed by atoms with E-state index in [9.17, 15) is 9.59 Å². The number of aromatic nitrogens is 3. The van der Waals surface area contributed by atoms with Crippen LogP contribution in [0.2, 0.25) is 5.02 Å². The molecule has 0 aliphatic carbocycles. The molecule has 1 heterocycles. The van der Waals surface area contributed by atoms with Gasteiger partial charge in [0.05, 0.1) is 28.6 Å². The van der Waals surface area contributed by atoms with Crippen molar-refractivity contribution in [3.63, 3.8) is 0 Å². The Morgan fingerprint density at radius 1 is 1.16 bits per heavy atom. The summed E-state index contributed by atoms with van der Waals surface area (Å²) in [6.07, 6.45) is 0. The number of amides is 2. The highest BCUT2D eigenvalue weighted by molar-refractivity contribution is 9.10. The van der Waals surface area contributed by atoms with Gasteiger partial charge < -0.3 is 15.2 Å². The quantitative estimate of drug-likeness (QED) is 0.396. The van der Waals surface area contributed by atoms with Gasteiger partial charge in [-0.05, 0) is 72.1 Å². The minimum atomic E-state index is -0.284. The normalized spacial score (nSPS) is 10.8. The second-order valence-corrected chi connectivity index (χ2v) is 9.26. The summed E-state index contributed by atoms with van der Waals surface area (Å²) >= 11 is 10.9. The third-order valence-corrected chi connectivity index (χ3v) is 6.78. The Morgan fingerprint density at radius 2 is 1.88 bits per heavy atom. The molecule has 2 N–H and O–H groups in total. The van der Waals surface area contributed by atoms with E-state index >= 15 is 0 Å². The topological polar surface area (TPSA) is 88.9 Å². The number of carbonyl (C=O) groups is 2. The summed E-state index contributed by atoms with van der Waals surface area (Å²) in [4.78, 5) is 24.9. The molecular weight excluding hydrogens is 514 g/mol. The van der Waals surface area contributed by atoms with E-state index in [0.29, 0.717) is 28.1 Å². The molecule has 0 saturated heterocycles. The zero-order chi connectivity index (χ0) is 23.3. The second kappa shape index (κ2) is 11.0. The van der Waals surface area contributed by atoms with E-state index < -0.39 is 0 Å². The van der Waals surface area contributed by atoms with Crippen LogP contribution in [0.5, 0.6) is 0 Å². The minimum Gasteiger partial charge on any atom is -0.345 e. The lowest BCUT2D eigenvalue weighted by atomic mass is 10.1. The maximum atomic E-state index is 12.5. The van der Waals surface area contributed by atoms with Crippen LogP contribution in [0.15, 0.2) is 46.0 Å². The van der Waals surface area contributed by atoms with E-state index in [-0.39, 0.29) is 24.1 Å². The van der Waals surface area contributed by atoms with E-state index in [0.717, 1.165) is 21.3 Å². The molecule has 1 aromatic heterocycles. The highest BCUT2D eigenvalue weighted by Gasteiger charge is 2.16. The first-order valence-corrected chi connectivity index (χ1v) is 12.1. The van der Waals surface area contributed by atoms with Gasteiger partial charge in [-0.25, -0.2) is 0 Å². The number of aryl methyl sites for hydroxylation is 2. The molecule has 0 atom stereocenters. The average molecular weight is 537 g/mol. The van der Waals surface area contributed by atoms with Gasteiger partial charge in [0.25, 0.3) is 5.91 Å². The van der Waals surface area contributed by atoms with E-state index in [1.165, 1.54) is 11.8 Å². The van der Waals surface area contributed by atoms with Crippen LogP contribution in [0.4, 0.5) is 5.69 Å². The second-order valence-electron chi connectivity index (χ2n) is 7.06. The van der Waals surface area contributed by atoms with Crippen molar-refractivity contribution < 1.29 is 9.59 Å². The lowest BCUT2D eigenvalue weighted by Gasteiger charge is -2.11. The molecule has 0 fully saturated rings. The average Bonchev–Trinajstić information content (AvgIpc) is 3.16. The molecule has 3 aromatic rings. The summed E-state index contributed by atoms with van der Waals surface area (Å²) in [7, 11) is 0. The monoisotopic (exact) mass is 535 g/mol. The van der Waals surface area contributed by atoms with Crippen LogP contribution in [0.25, 0.3) is 0 Å². The van der Waals surface area contributed by atoms with Gasteiger partial charge in [-0.15, -0.1) is 10.2 Å². The van der Waals surface area contributed by atoms with Gasteiger partial charge in [0.15, 0.2) is 11.0 Å². The van der Waals surface area contributed by atoms with Crippen LogP contribution >= 0.6 is 39.3 Å². The first-order chi connectivity index (χ1) is 15.3. The van der Waals surface area contributed by atoms with Crippen molar-refractivity contribution in [3.8, 4) is 0 Å². The van der Waals surface area contributed by atoms with Crippen molar-refractivity contribution in [2.24, 2.45) is 0 Å². The van der Waals surface area contributed by atoms with Crippen molar-refractivity contribution in [1.29, 1.82) is 0 Å². The summed E-state index contributed by atoms with van der Waals surface area (Å²) in [6.45, 7) is 6.79. The molecule has 3 rings (SSSR count). The summed E-state index contributed by atoms with van der Waals surface area (Å²) in [5, 5.41) is 15.1. The third kappa shape index (κ3) is 5.90. The number of thioether (sulfide) groups is 1.